The molecule has 1 saturated carbocycles. The Bertz CT molecular complexity index is 824. The third kappa shape index (κ3) is 7.32. The normalized spacial score (nSPS) is 18.6. The first-order valence-corrected chi connectivity index (χ1v) is 12.8. The molecule has 1 nitrogen and oxygen atoms in total. The van der Waals surface area contributed by atoms with E-state index in [4.69, 9.17) is 4.74 Å². The van der Waals surface area contributed by atoms with E-state index in [-0.39, 0.29) is 11.6 Å². The Labute approximate surface area is 193 Å². The van der Waals surface area contributed by atoms with Gasteiger partial charge >= 0.3 is 0 Å². The SMILES string of the molecule is CCCCC[C@H]1CC[C@H](c2ccc(CCc3ccc(OCCCC)c(F)c3)c(F)c2)CC1. The molecule has 2 aromatic carbocycles. The lowest BCUT2D eigenvalue weighted by atomic mass is 9.77. The predicted molar refractivity (Wildman–Crippen MR) is 129 cm³/mol. The van der Waals surface area contributed by atoms with E-state index in [0.29, 0.717) is 36.7 Å². The molecule has 0 spiro atoms. The standard InChI is InChI=1S/C29H40F2O/c1-3-5-7-8-22-9-13-24(14-10-22)26-17-16-25(27(30)21-26)15-11-23-12-18-29(28(31)20-23)32-19-6-4-2/h12,16-18,20-22,24H,3-11,13-15,19H2,1-2H3/t22-,24-. The van der Waals surface area contributed by atoms with Gasteiger partial charge in [-0.05, 0) is 91.7 Å². The number of ether oxygens (including phenoxy) is 1. The molecule has 3 rings (SSSR count). The summed E-state index contributed by atoms with van der Waals surface area (Å²) in [6.45, 7) is 4.87. The molecule has 1 fully saturated rings. The van der Waals surface area contributed by atoms with E-state index < -0.39 is 0 Å². The first kappa shape index (κ1) is 24.7. The lowest BCUT2D eigenvalue weighted by Crippen LogP contribution is -2.13. The van der Waals surface area contributed by atoms with Crippen molar-refractivity contribution in [3.05, 3.63) is 64.7 Å². The molecule has 1 aliphatic carbocycles. The predicted octanol–water partition coefficient (Wildman–Crippen LogP) is 8.78. The number of benzene rings is 2. The number of unbranched alkanes of at least 4 members (excludes halogenated alkanes) is 3. The first-order chi connectivity index (χ1) is 15.6. The van der Waals surface area contributed by atoms with Gasteiger partial charge in [0.2, 0.25) is 0 Å². The minimum atomic E-state index is -0.334. The molecule has 0 bridgehead atoms. The Balaban J connectivity index is 1.50. The first-order valence-electron chi connectivity index (χ1n) is 12.8. The minimum absolute atomic E-state index is 0.118. The molecule has 0 aliphatic heterocycles. The number of hydrogen-bond acceptors (Lipinski definition) is 1. The van der Waals surface area contributed by atoms with Crippen LogP contribution < -0.4 is 4.74 Å². The highest BCUT2D eigenvalue weighted by Gasteiger charge is 2.22. The van der Waals surface area contributed by atoms with Crippen molar-refractivity contribution in [3.8, 4) is 5.75 Å². The zero-order valence-corrected chi connectivity index (χ0v) is 20.0. The summed E-state index contributed by atoms with van der Waals surface area (Å²) in [5.74, 6) is 1.21. The summed E-state index contributed by atoms with van der Waals surface area (Å²) >= 11 is 0. The van der Waals surface area contributed by atoms with E-state index in [1.54, 1.807) is 12.1 Å². The third-order valence-corrected chi connectivity index (χ3v) is 7.05. The lowest BCUT2D eigenvalue weighted by molar-refractivity contribution is 0.294. The molecule has 0 amide bonds. The summed E-state index contributed by atoms with van der Waals surface area (Å²) in [5, 5.41) is 0. The van der Waals surface area contributed by atoms with Crippen molar-refractivity contribution >= 4 is 0 Å². The van der Waals surface area contributed by atoms with Crippen LogP contribution in [0.4, 0.5) is 8.78 Å². The fourth-order valence-corrected chi connectivity index (χ4v) is 4.91. The van der Waals surface area contributed by atoms with Crippen molar-refractivity contribution in [2.24, 2.45) is 5.92 Å². The van der Waals surface area contributed by atoms with Gasteiger partial charge in [0.1, 0.15) is 5.82 Å². The second-order valence-electron chi connectivity index (χ2n) is 9.53. The van der Waals surface area contributed by atoms with E-state index in [9.17, 15) is 8.78 Å². The van der Waals surface area contributed by atoms with Gasteiger partial charge < -0.3 is 4.74 Å². The van der Waals surface area contributed by atoms with Gasteiger partial charge in [-0.1, -0.05) is 64.2 Å². The highest BCUT2D eigenvalue weighted by Crippen LogP contribution is 2.38. The molecular formula is C29H40F2O. The number of halogens is 2. The molecule has 0 atom stereocenters. The smallest absolute Gasteiger partial charge is 0.165 e. The van der Waals surface area contributed by atoms with Crippen LogP contribution in [0.25, 0.3) is 0 Å². The summed E-state index contributed by atoms with van der Waals surface area (Å²) in [6, 6.07) is 10.9. The molecule has 0 unspecified atom stereocenters. The Hall–Kier alpha value is -1.90. The Morgan fingerprint density at radius 2 is 1.59 bits per heavy atom. The van der Waals surface area contributed by atoms with Crippen molar-refractivity contribution < 1.29 is 13.5 Å². The van der Waals surface area contributed by atoms with Crippen molar-refractivity contribution in [2.45, 2.75) is 96.8 Å². The summed E-state index contributed by atoms with van der Waals surface area (Å²) in [4.78, 5) is 0. The summed E-state index contributed by atoms with van der Waals surface area (Å²) in [6.07, 6.45) is 13.4. The number of rotatable bonds is 12. The van der Waals surface area contributed by atoms with Crippen LogP contribution in [0.2, 0.25) is 0 Å². The van der Waals surface area contributed by atoms with Crippen LogP contribution in [0.5, 0.6) is 5.75 Å². The van der Waals surface area contributed by atoms with Gasteiger partial charge in [-0.2, -0.15) is 0 Å². The molecule has 2 aromatic rings. The van der Waals surface area contributed by atoms with Gasteiger partial charge in [-0.15, -0.1) is 0 Å². The van der Waals surface area contributed by atoms with Gasteiger partial charge in [0.05, 0.1) is 6.61 Å². The third-order valence-electron chi connectivity index (χ3n) is 7.05. The van der Waals surface area contributed by atoms with E-state index in [1.165, 1.54) is 57.4 Å². The Morgan fingerprint density at radius 3 is 2.28 bits per heavy atom. The zero-order valence-electron chi connectivity index (χ0n) is 20.0. The molecule has 176 valence electrons. The molecule has 1 aliphatic rings. The van der Waals surface area contributed by atoms with Gasteiger partial charge in [0.25, 0.3) is 0 Å². The highest BCUT2D eigenvalue weighted by atomic mass is 19.1. The molecule has 0 aromatic heterocycles. The van der Waals surface area contributed by atoms with Crippen molar-refractivity contribution in [2.75, 3.05) is 6.61 Å². The number of hydrogen-bond donors (Lipinski definition) is 0. The summed E-state index contributed by atoms with van der Waals surface area (Å²) in [5.41, 5.74) is 2.73. The fraction of sp³-hybridized carbons (Fsp3) is 0.586. The fourth-order valence-electron chi connectivity index (χ4n) is 4.91. The topological polar surface area (TPSA) is 9.23 Å². The molecule has 0 saturated heterocycles. The quantitative estimate of drug-likeness (QED) is 0.298. The molecule has 0 radical (unpaired) electrons. The molecule has 32 heavy (non-hydrogen) atoms. The highest BCUT2D eigenvalue weighted by molar-refractivity contribution is 5.31. The maximum absolute atomic E-state index is 14.8. The van der Waals surface area contributed by atoms with Crippen molar-refractivity contribution in [1.29, 1.82) is 0 Å². The van der Waals surface area contributed by atoms with Gasteiger partial charge in [-0.3, -0.25) is 0 Å². The van der Waals surface area contributed by atoms with E-state index in [0.717, 1.165) is 29.9 Å². The summed E-state index contributed by atoms with van der Waals surface area (Å²) in [7, 11) is 0. The van der Waals surface area contributed by atoms with Crippen molar-refractivity contribution in [3.63, 3.8) is 0 Å². The maximum atomic E-state index is 14.8. The van der Waals surface area contributed by atoms with E-state index in [2.05, 4.69) is 19.9 Å². The zero-order chi connectivity index (χ0) is 22.8. The van der Waals surface area contributed by atoms with Gasteiger partial charge in [0.15, 0.2) is 11.6 Å². The van der Waals surface area contributed by atoms with Crippen LogP contribution in [0.15, 0.2) is 36.4 Å². The van der Waals surface area contributed by atoms with Crippen LogP contribution in [-0.2, 0) is 12.8 Å². The molecule has 0 heterocycles. The lowest BCUT2D eigenvalue weighted by Gasteiger charge is -2.29. The monoisotopic (exact) mass is 442 g/mol. The van der Waals surface area contributed by atoms with Crippen LogP contribution in [0, 0.1) is 17.6 Å². The van der Waals surface area contributed by atoms with E-state index in [1.807, 2.05) is 12.1 Å². The van der Waals surface area contributed by atoms with Crippen LogP contribution in [0.1, 0.15) is 101 Å². The largest absolute Gasteiger partial charge is 0.491 e. The molecule has 0 N–H and O–H groups in total. The Morgan fingerprint density at radius 1 is 0.812 bits per heavy atom. The average molecular weight is 443 g/mol. The molecular weight excluding hydrogens is 402 g/mol. The van der Waals surface area contributed by atoms with Crippen LogP contribution in [0.3, 0.4) is 0 Å². The second kappa shape index (κ2) is 13.0. The van der Waals surface area contributed by atoms with Gasteiger partial charge in [0, 0.05) is 0 Å². The second-order valence-corrected chi connectivity index (χ2v) is 9.53. The average Bonchev–Trinajstić information content (AvgIpc) is 2.80. The maximum Gasteiger partial charge on any atom is 0.165 e. The van der Waals surface area contributed by atoms with Crippen LogP contribution in [-0.4, -0.2) is 6.61 Å². The minimum Gasteiger partial charge on any atom is -0.491 e. The summed E-state index contributed by atoms with van der Waals surface area (Å²) < 4.78 is 34.5. The van der Waals surface area contributed by atoms with Gasteiger partial charge in [-0.25, -0.2) is 8.78 Å². The number of aryl methyl sites for hydroxylation is 2. The Kier molecular flexibility index (Phi) is 10.0. The van der Waals surface area contributed by atoms with Crippen LogP contribution >= 0.6 is 0 Å². The molecule has 3 heteroatoms. The van der Waals surface area contributed by atoms with Crippen molar-refractivity contribution in [1.82, 2.24) is 0 Å². The van der Waals surface area contributed by atoms with E-state index >= 15 is 0 Å².